The third-order valence-corrected chi connectivity index (χ3v) is 14.1. The number of nitrogens with zero attached hydrogens (tertiary/aromatic N) is 4. The first-order chi connectivity index (χ1) is 36.0. The van der Waals surface area contributed by atoms with Gasteiger partial charge in [-0.1, -0.05) is 99.3 Å². The van der Waals surface area contributed by atoms with Crippen LogP contribution in [0.25, 0.3) is 0 Å². The molecule has 7 rings (SSSR count). The molecule has 0 amide bonds. The molecule has 18 nitrogen and oxygen atoms in total. The predicted molar refractivity (Wildman–Crippen MR) is 289 cm³/mol. The van der Waals surface area contributed by atoms with E-state index in [0.29, 0.717) is 46.9 Å². The van der Waals surface area contributed by atoms with Crippen molar-refractivity contribution in [1.82, 2.24) is 20.4 Å². The van der Waals surface area contributed by atoms with Crippen LogP contribution in [0.4, 0.5) is 11.4 Å². The average Bonchev–Trinajstić information content (AvgIpc) is 3.42. The molecule has 0 aliphatic carbocycles. The summed E-state index contributed by atoms with van der Waals surface area (Å²) in [5, 5.41) is 28.9. The van der Waals surface area contributed by atoms with E-state index < -0.39 is 45.6 Å². The summed E-state index contributed by atoms with van der Waals surface area (Å²) in [6.07, 6.45) is 2.63. The van der Waals surface area contributed by atoms with Crippen LogP contribution in [-0.2, 0) is 43.5 Å². The molecule has 18 heteroatoms. The molecule has 0 aromatic heterocycles. The first kappa shape index (κ1) is 58.9. The molecular weight excluding hydrogens is 973 g/mol. The van der Waals surface area contributed by atoms with E-state index in [4.69, 9.17) is 18.9 Å². The lowest BCUT2D eigenvalue weighted by Gasteiger charge is -2.43. The lowest BCUT2D eigenvalue weighted by Crippen LogP contribution is -2.43. The summed E-state index contributed by atoms with van der Waals surface area (Å²) in [5.74, 6) is -4.14. The Morgan fingerprint density at radius 1 is 0.618 bits per heavy atom. The van der Waals surface area contributed by atoms with Crippen molar-refractivity contribution in [2.75, 3.05) is 67.2 Å². The van der Waals surface area contributed by atoms with Gasteiger partial charge in [0.2, 0.25) is 0 Å². The van der Waals surface area contributed by atoms with Crippen LogP contribution in [0.1, 0.15) is 95.4 Å². The number of likely N-dealkylation sites (tertiary alicyclic amines) is 1. The molecule has 4 aromatic rings. The minimum Gasteiger partial charge on any atom is -0.466 e. The van der Waals surface area contributed by atoms with Crippen molar-refractivity contribution in [3.8, 4) is 0 Å². The van der Waals surface area contributed by atoms with Crippen LogP contribution in [0.3, 0.4) is 0 Å². The van der Waals surface area contributed by atoms with Crippen LogP contribution >= 0.6 is 0 Å². The number of benzene rings is 4. The first-order valence-electron chi connectivity index (χ1n) is 24.8. The quantitative estimate of drug-likeness (QED) is 0.0312. The number of dihydropyridines is 2. The van der Waals surface area contributed by atoms with Crippen LogP contribution in [0.15, 0.2) is 154 Å². The maximum Gasteiger partial charge on any atom is 0.336 e. The summed E-state index contributed by atoms with van der Waals surface area (Å²) in [5.41, 5.74) is 6.18. The number of allylic oxidation sites excluding steroid dienone is 4. The molecule has 2 atom stereocenters. The van der Waals surface area contributed by atoms with E-state index in [1.165, 1.54) is 55.7 Å². The number of nitrogens with one attached hydrogen (secondary N) is 2. The summed E-state index contributed by atoms with van der Waals surface area (Å²) >= 11 is 0. The van der Waals surface area contributed by atoms with Gasteiger partial charge in [0.1, 0.15) is 6.61 Å². The average molecular weight is 1040 g/mol. The second kappa shape index (κ2) is 27.0. The number of rotatable bonds is 18. The number of hydrogen-bond donors (Lipinski definition) is 2. The lowest BCUT2D eigenvalue weighted by molar-refractivity contribution is -0.385. The Hall–Kier alpha value is -7.96. The van der Waals surface area contributed by atoms with Crippen LogP contribution < -0.4 is 10.6 Å². The number of hydrogen-bond acceptors (Lipinski definition) is 16. The zero-order valence-electron chi connectivity index (χ0n) is 43.8. The minimum absolute atomic E-state index is 0. The number of carbonyl (C=O) groups excluding carboxylic acids is 4. The maximum absolute atomic E-state index is 13.6. The van der Waals surface area contributed by atoms with Crippen LogP contribution in [0.5, 0.6) is 0 Å². The minimum atomic E-state index is -0.878. The molecule has 3 aliphatic heterocycles. The zero-order valence-corrected chi connectivity index (χ0v) is 43.8. The molecule has 4 aromatic carbocycles. The highest BCUT2D eigenvalue weighted by Gasteiger charge is 2.41. The number of ether oxygens (including phenoxy) is 4. The van der Waals surface area contributed by atoms with Crippen molar-refractivity contribution < 1.29 is 48.0 Å². The van der Waals surface area contributed by atoms with Crippen molar-refractivity contribution in [1.29, 1.82) is 0 Å². The molecule has 1 saturated heterocycles. The first-order valence-corrected chi connectivity index (χ1v) is 24.8. The monoisotopic (exact) mass is 1040 g/mol. The van der Waals surface area contributed by atoms with Gasteiger partial charge in [0.05, 0.1) is 64.8 Å². The number of non-ortho nitro benzene ring substituents is 2. The maximum atomic E-state index is 13.6. The fourth-order valence-electron chi connectivity index (χ4n) is 10.1. The van der Waals surface area contributed by atoms with Gasteiger partial charge in [-0.25, -0.2) is 19.2 Å². The van der Waals surface area contributed by atoms with Crippen molar-refractivity contribution >= 4 is 35.3 Å². The summed E-state index contributed by atoms with van der Waals surface area (Å²) < 4.78 is 21.2. The Labute approximate surface area is 444 Å². The zero-order chi connectivity index (χ0) is 54.4. The Balaban J connectivity index is 0.000000301. The SMILES string of the molecule is C.CCN(C)CCOC(=O)C1=C(C)NC(C)=C(C(=O)OC)C1c1cccc([N+](=O)[O-])c1.COC(=O)C1=C(C)NC(C)=C(C(=O)OCCCN2CCC(c3ccccc3)(c3ccccc3)CC2)C1c1cccc([N+](=O)[O-])c1. The summed E-state index contributed by atoms with van der Waals surface area (Å²) in [7, 11) is 4.42. The van der Waals surface area contributed by atoms with Crippen molar-refractivity contribution in [3.05, 3.63) is 197 Å². The van der Waals surface area contributed by atoms with E-state index in [2.05, 4.69) is 76.2 Å². The highest BCUT2D eigenvalue weighted by atomic mass is 16.6. The van der Waals surface area contributed by atoms with E-state index in [1.54, 1.807) is 45.9 Å². The topological polar surface area (TPSA) is 222 Å². The number of esters is 4. The number of nitro groups is 2. The van der Waals surface area contributed by atoms with Gasteiger partial charge in [0.25, 0.3) is 11.4 Å². The molecule has 404 valence electrons. The largest absolute Gasteiger partial charge is 0.466 e. The van der Waals surface area contributed by atoms with Gasteiger partial charge in [0, 0.05) is 65.6 Å². The molecule has 76 heavy (non-hydrogen) atoms. The predicted octanol–water partition coefficient (Wildman–Crippen LogP) is 9.15. The molecule has 0 saturated carbocycles. The summed E-state index contributed by atoms with van der Waals surface area (Å²) in [4.78, 5) is 78.2. The number of likely N-dealkylation sites (N-methyl/N-ethyl adjacent to an activating group) is 1. The molecule has 3 aliphatic rings. The van der Waals surface area contributed by atoms with E-state index in [9.17, 15) is 39.4 Å². The Morgan fingerprint density at radius 2 is 1.01 bits per heavy atom. The molecule has 0 bridgehead atoms. The molecule has 1 fully saturated rings. The van der Waals surface area contributed by atoms with Gasteiger partial charge in [-0.05, 0) is 95.9 Å². The molecule has 0 spiro atoms. The summed E-state index contributed by atoms with van der Waals surface area (Å²) in [6.45, 7) is 13.2. The molecule has 2 unspecified atom stereocenters. The highest BCUT2D eigenvalue weighted by molar-refractivity contribution is 6.01. The van der Waals surface area contributed by atoms with Crippen molar-refractivity contribution in [2.24, 2.45) is 0 Å². The molecule has 2 N–H and O–H groups in total. The van der Waals surface area contributed by atoms with Crippen LogP contribution in [0.2, 0.25) is 0 Å². The van der Waals surface area contributed by atoms with E-state index in [-0.39, 0.29) is 59.7 Å². The van der Waals surface area contributed by atoms with E-state index in [0.717, 1.165) is 39.0 Å². The number of carbonyl (C=O) groups is 4. The second-order valence-electron chi connectivity index (χ2n) is 18.6. The number of methoxy groups -OCH3 is 2. The van der Waals surface area contributed by atoms with Crippen molar-refractivity contribution in [2.45, 2.75) is 78.6 Å². The lowest BCUT2D eigenvalue weighted by atomic mass is 9.68. The fourth-order valence-corrected chi connectivity index (χ4v) is 10.1. The third-order valence-electron chi connectivity index (χ3n) is 14.1. The van der Waals surface area contributed by atoms with Gasteiger partial charge in [-0.2, -0.15) is 0 Å². The highest BCUT2D eigenvalue weighted by Crippen LogP contribution is 2.43. The normalized spacial score (nSPS) is 17.3. The fraction of sp³-hybridized carbons (Fsp3) is 0.379. The number of nitro benzene ring substituents is 2. The van der Waals surface area contributed by atoms with Crippen LogP contribution in [-0.4, -0.2) is 111 Å². The Morgan fingerprint density at radius 3 is 1.39 bits per heavy atom. The number of piperidine rings is 1. The van der Waals surface area contributed by atoms with E-state index >= 15 is 0 Å². The summed E-state index contributed by atoms with van der Waals surface area (Å²) in [6, 6.07) is 33.3. The third kappa shape index (κ3) is 13.7. The van der Waals surface area contributed by atoms with Crippen molar-refractivity contribution in [3.63, 3.8) is 0 Å². The Kier molecular flexibility index (Phi) is 20.9. The van der Waals surface area contributed by atoms with Gasteiger partial charge in [0.15, 0.2) is 0 Å². The van der Waals surface area contributed by atoms with E-state index in [1.807, 2.05) is 18.9 Å². The molecular formula is C58H70N6O12. The second-order valence-corrected chi connectivity index (χ2v) is 18.6. The molecule has 3 heterocycles. The standard InChI is InChI=1S/C36H39N3O6.C21H27N3O6.CH4/c1-25-31(34(40)44-3)33(27-12-10-17-30(24-27)39(42)43)32(26(2)37-25)35(41)45-23-11-20-38-21-18-36(19-22-38,28-13-6-4-7-14-28)29-15-8-5-9-16-29;1-6-23(4)10-11-30-21(26)18-14(3)22-13(2)17(20(25)29-5)19(18)15-8-7-9-16(12-15)24(27)28;/h4-10,12-17,24,33,37H,11,18-23H2,1-3H3;7-9,12,19,22H,6,10-11H2,1-5H3;1H4. The van der Waals surface area contributed by atoms with Gasteiger partial charge in [-0.15, -0.1) is 0 Å². The smallest absolute Gasteiger partial charge is 0.336 e. The Bertz CT molecular complexity index is 2850. The van der Waals surface area contributed by atoms with Gasteiger partial charge >= 0.3 is 23.9 Å². The van der Waals surface area contributed by atoms with Gasteiger partial charge in [-0.3, -0.25) is 20.2 Å². The van der Waals surface area contributed by atoms with Gasteiger partial charge < -0.3 is 39.4 Å². The van der Waals surface area contributed by atoms with Crippen LogP contribution in [0, 0.1) is 20.2 Å². The molecule has 0 radical (unpaired) electrons.